The van der Waals surface area contributed by atoms with E-state index in [9.17, 15) is 0 Å². The summed E-state index contributed by atoms with van der Waals surface area (Å²) < 4.78 is 15.4. The van der Waals surface area contributed by atoms with E-state index in [1.807, 2.05) is 56.4 Å². The summed E-state index contributed by atoms with van der Waals surface area (Å²) in [6.45, 7) is 15.1. The lowest BCUT2D eigenvalue weighted by Gasteiger charge is -2.25. The second-order valence-electron chi connectivity index (χ2n) is 8.68. The van der Waals surface area contributed by atoms with Gasteiger partial charge in [0.1, 0.15) is 5.82 Å². The van der Waals surface area contributed by atoms with Crippen molar-refractivity contribution in [3.63, 3.8) is 0 Å². The minimum absolute atomic E-state index is 0. The molecule has 0 amide bonds. The molecule has 0 bridgehead atoms. The molecule has 1 atom stereocenters. The second kappa shape index (κ2) is 12.3. The van der Waals surface area contributed by atoms with Crippen LogP contribution in [0, 0.1) is 18.7 Å². The van der Waals surface area contributed by atoms with Gasteiger partial charge in [-0.1, -0.05) is 39.0 Å². The van der Waals surface area contributed by atoms with Crippen molar-refractivity contribution < 1.29 is 5.82 Å². The van der Waals surface area contributed by atoms with Crippen LogP contribution in [0.3, 0.4) is 0 Å². The summed E-state index contributed by atoms with van der Waals surface area (Å²) in [6, 6.07) is 3.57. The fourth-order valence-electron chi connectivity index (χ4n) is 4.06. The summed E-state index contributed by atoms with van der Waals surface area (Å²) in [5.41, 5.74) is 6.86. The van der Waals surface area contributed by atoms with Crippen LogP contribution in [0.25, 0.3) is 6.08 Å². The van der Waals surface area contributed by atoms with E-state index in [-0.39, 0.29) is 20.6 Å². The summed E-state index contributed by atoms with van der Waals surface area (Å²) in [5.74, 6) is -0.0962. The van der Waals surface area contributed by atoms with Crippen LogP contribution in [0.15, 0.2) is 75.9 Å². The Labute approximate surface area is 206 Å². The molecule has 0 fully saturated rings. The smallest absolute Gasteiger partial charge is 0.131 e. The quantitative estimate of drug-likeness (QED) is 0.419. The molecule has 0 aliphatic carbocycles. The number of benzene rings is 1. The summed E-state index contributed by atoms with van der Waals surface area (Å²) in [4.78, 5) is 4.54. The molecular weight excluding hydrogens is 423 g/mol. The van der Waals surface area contributed by atoms with Gasteiger partial charge in [0.25, 0.3) is 0 Å². The van der Waals surface area contributed by atoms with Crippen molar-refractivity contribution in [1.82, 2.24) is 10.3 Å². The Morgan fingerprint density at radius 2 is 2.15 bits per heavy atom. The van der Waals surface area contributed by atoms with Gasteiger partial charge >= 0.3 is 0 Å². The first-order chi connectivity index (χ1) is 15.8. The van der Waals surface area contributed by atoms with E-state index in [2.05, 4.69) is 36.8 Å². The van der Waals surface area contributed by atoms with Crippen molar-refractivity contribution >= 4 is 18.0 Å². The third-order valence-corrected chi connectivity index (χ3v) is 5.92. The average Bonchev–Trinajstić information content (AvgIpc) is 2.79. The molecule has 0 spiro atoms. The molecule has 0 radical (unpaired) electrons. The zero-order valence-electron chi connectivity index (χ0n) is 20.5. The maximum absolute atomic E-state index is 15.4. The zero-order chi connectivity index (χ0) is 24.0. The van der Waals surface area contributed by atoms with Crippen LogP contribution >= 0.6 is 0 Å². The standard InChI is InChI=1S/C28H35FN4.CH4.H2/c1-7-9-19(3)18-33-22(6)20(4)15-28(32-33)24-14-21(5)25(26(29)16-24)17-27(31-8-2)23-10-12-30-13-11-23;;/h8,10,12,14-18,23,30H,6-7,9,11,13H2,1-5H3;1H4;1H/b19-18-,27-17-,31-8?;;. The molecule has 0 saturated heterocycles. The molecule has 0 saturated carbocycles. The van der Waals surface area contributed by atoms with Gasteiger partial charge < -0.3 is 5.32 Å². The molecule has 34 heavy (non-hydrogen) atoms. The SMILES string of the molecule is C.C=C1C(C)=CC(c2cc(C)c(/C=C(\N=CC)C3C=CNCC3)c(F)c2)=NN1/C=C(/C)CCC.[HH]. The van der Waals surface area contributed by atoms with E-state index in [1.165, 1.54) is 5.57 Å². The maximum Gasteiger partial charge on any atom is 0.131 e. The number of hydrazone groups is 1. The van der Waals surface area contributed by atoms with Gasteiger partial charge in [-0.15, -0.1) is 0 Å². The van der Waals surface area contributed by atoms with Crippen molar-refractivity contribution in [1.29, 1.82) is 0 Å². The fourth-order valence-corrected chi connectivity index (χ4v) is 4.06. The molecular formula is C29H41FN4. The Bertz CT molecular complexity index is 1070. The molecule has 1 unspecified atom stereocenters. The predicted molar refractivity (Wildman–Crippen MR) is 147 cm³/mol. The van der Waals surface area contributed by atoms with Gasteiger partial charge in [0.15, 0.2) is 0 Å². The highest BCUT2D eigenvalue weighted by Gasteiger charge is 2.19. The first kappa shape index (κ1) is 27.0. The Hall–Kier alpha value is -3.21. The Morgan fingerprint density at radius 3 is 2.76 bits per heavy atom. The molecule has 1 N–H and O–H groups in total. The Kier molecular flexibility index (Phi) is 9.79. The number of hydrogen-bond donors (Lipinski definition) is 1. The van der Waals surface area contributed by atoms with E-state index >= 15 is 4.39 Å². The van der Waals surface area contributed by atoms with Gasteiger partial charge in [0.05, 0.1) is 11.4 Å². The van der Waals surface area contributed by atoms with Gasteiger partial charge in [-0.2, -0.15) is 5.10 Å². The van der Waals surface area contributed by atoms with Crippen molar-refractivity contribution in [3.05, 3.63) is 88.3 Å². The van der Waals surface area contributed by atoms with Crippen LogP contribution in [0.5, 0.6) is 0 Å². The minimum atomic E-state index is -0.269. The van der Waals surface area contributed by atoms with Crippen LogP contribution in [0.4, 0.5) is 4.39 Å². The molecule has 184 valence electrons. The molecule has 1 aromatic rings. The molecule has 1 aromatic carbocycles. The lowest BCUT2D eigenvalue weighted by molar-refractivity contribution is 0.497. The van der Waals surface area contributed by atoms with Crippen LogP contribution in [0.1, 0.15) is 72.5 Å². The summed E-state index contributed by atoms with van der Waals surface area (Å²) in [7, 11) is 0. The van der Waals surface area contributed by atoms with E-state index in [0.29, 0.717) is 5.56 Å². The normalized spacial score (nSPS) is 19.1. The first-order valence-corrected chi connectivity index (χ1v) is 11.7. The number of rotatable bonds is 7. The number of halogens is 1. The molecule has 3 rings (SSSR count). The summed E-state index contributed by atoms with van der Waals surface area (Å²) in [5, 5.41) is 9.78. The number of nitrogens with zero attached hydrogens (tertiary/aromatic N) is 3. The number of allylic oxidation sites excluding steroid dienone is 4. The lowest BCUT2D eigenvalue weighted by atomic mass is 9.94. The fraction of sp³-hybridized carbons (Fsp3) is 0.379. The number of aryl methyl sites for hydroxylation is 1. The van der Waals surface area contributed by atoms with Crippen molar-refractivity contribution in [2.45, 2.75) is 61.3 Å². The van der Waals surface area contributed by atoms with E-state index in [1.54, 1.807) is 12.3 Å². The lowest BCUT2D eigenvalue weighted by Crippen LogP contribution is -2.19. The second-order valence-corrected chi connectivity index (χ2v) is 8.68. The Balaban J connectivity index is 0.00000306. The monoisotopic (exact) mass is 464 g/mol. The molecule has 0 aromatic heterocycles. The Morgan fingerprint density at radius 1 is 1.38 bits per heavy atom. The third-order valence-electron chi connectivity index (χ3n) is 5.92. The highest BCUT2D eigenvalue weighted by atomic mass is 19.1. The molecule has 2 aliphatic heterocycles. The van der Waals surface area contributed by atoms with Crippen LogP contribution in [-0.4, -0.2) is 23.5 Å². The van der Waals surface area contributed by atoms with Crippen LogP contribution in [-0.2, 0) is 0 Å². The van der Waals surface area contributed by atoms with Crippen LogP contribution < -0.4 is 5.32 Å². The molecule has 5 heteroatoms. The van der Waals surface area contributed by atoms with E-state index in [4.69, 9.17) is 5.10 Å². The maximum atomic E-state index is 15.4. The van der Waals surface area contributed by atoms with Crippen molar-refractivity contribution in [3.8, 4) is 0 Å². The zero-order valence-corrected chi connectivity index (χ0v) is 20.5. The van der Waals surface area contributed by atoms with Gasteiger partial charge in [0, 0.05) is 43.1 Å². The summed E-state index contributed by atoms with van der Waals surface area (Å²) in [6.07, 6.45) is 14.7. The number of hydrogen-bond acceptors (Lipinski definition) is 4. The average molecular weight is 465 g/mol. The van der Waals surface area contributed by atoms with E-state index < -0.39 is 0 Å². The summed E-state index contributed by atoms with van der Waals surface area (Å²) >= 11 is 0. The van der Waals surface area contributed by atoms with E-state index in [0.717, 1.165) is 59.6 Å². The first-order valence-electron chi connectivity index (χ1n) is 11.7. The molecule has 2 heterocycles. The highest BCUT2D eigenvalue weighted by molar-refractivity contribution is 6.10. The topological polar surface area (TPSA) is 40.0 Å². The molecule has 4 nitrogen and oxygen atoms in total. The van der Waals surface area contributed by atoms with Crippen molar-refractivity contribution in [2.24, 2.45) is 16.0 Å². The van der Waals surface area contributed by atoms with Gasteiger partial charge in [-0.25, -0.2) is 9.40 Å². The molecule has 2 aliphatic rings. The largest absolute Gasteiger partial charge is 0.391 e. The minimum Gasteiger partial charge on any atom is -0.391 e. The number of nitrogens with one attached hydrogen (secondary N) is 1. The van der Waals surface area contributed by atoms with Crippen molar-refractivity contribution in [2.75, 3.05) is 6.54 Å². The van der Waals surface area contributed by atoms with Gasteiger partial charge in [-0.3, -0.25) is 4.99 Å². The van der Waals surface area contributed by atoms with Gasteiger partial charge in [-0.05, 0) is 82.2 Å². The van der Waals surface area contributed by atoms with Crippen LogP contribution in [0.2, 0.25) is 0 Å². The predicted octanol–water partition coefficient (Wildman–Crippen LogP) is 7.75. The third kappa shape index (κ3) is 6.43. The van der Waals surface area contributed by atoms with Gasteiger partial charge in [0.2, 0.25) is 0 Å². The highest BCUT2D eigenvalue weighted by Crippen LogP contribution is 2.28. The number of aliphatic imine (C=N–C) groups is 1.